The largest absolute Gasteiger partial charge is 0.416 e. The van der Waals surface area contributed by atoms with Crippen molar-refractivity contribution in [2.45, 2.75) is 43.0 Å². The number of benzene rings is 1. The molecule has 0 N–H and O–H groups in total. The molecule has 0 heterocycles. The van der Waals surface area contributed by atoms with Gasteiger partial charge in [0.15, 0.2) is 9.84 Å². The Labute approximate surface area is 109 Å². The fourth-order valence-corrected chi connectivity index (χ4v) is 2.96. The van der Waals surface area contributed by atoms with Crippen LogP contribution in [0.4, 0.5) is 17.6 Å². The van der Waals surface area contributed by atoms with Gasteiger partial charge in [0.1, 0.15) is 5.82 Å². The molecule has 0 aliphatic carbocycles. The van der Waals surface area contributed by atoms with Crippen molar-refractivity contribution in [3.05, 3.63) is 29.6 Å². The zero-order valence-corrected chi connectivity index (χ0v) is 11.5. The third-order valence-corrected chi connectivity index (χ3v) is 5.69. The Kier molecular flexibility index (Phi) is 4.01. The van der Waals surface area contributed by atoms with Crippen LogP contribution >= 0.6 is 0 Å². The van der Waals surface area contributed by atoms with E-state index in [4.69, 9.17) is 0 Å². The van der Waals surface area contributed by atoms with Gasteiger partial charge in [-0.1, -0.05) is 6.92 Å². The standard InChI is InChI=1S/C12H14F4O2S/c1-4-11(2,3)19(17,18)10-6-8(12(14,15)16)5-9(13)7-10/h5-7H,4H2,1-3H3. The predicted molar refractivity (Wildman–Crippen MR) is 63.0 cm³/mol. The molecule has 0 aliphatic rings. The summed E-state index contributed by atoms with van der Waals surface area (Å²) in [6.45, 7) is 4.38. The zero-order chi connectivity index (χ0) is 15.1. The van der Waals surface area contributed by atoms with E-state index in [1.54, 1.807) is 6.92 Å². The molecule has 0 fully saturated rings. The van der Waals surface area contributed by atoms with Crippen molar-refractivity contribution in [2.75, 3.05) is 0 Å². The number of hydrogen-bond acceptors (Lipinski definition) is 2. The average molecular weight is 298 g/mol. The van der Waals surface area contributed by atoms with Crippen molar-refractivity contribution >= 4 is 9.84 Å². The number of rotatable bonds is 3. The van der Waals surface area contributed by atoms with E-state index in [-0.39, 0.29) is 12.5 Å². The Balaban J connectivity index is 3.50. The molecule has 108 valence electrons. The van der Waals surface area contributed by atoms with Crippen LogP contribution in [0.2, 0.25) is 0 Å². The number of alkyl halides is 3. The number of sulfone groups is 1. The molecular formula is C12H14F4O2S. The highest BCUT2D eigenvalue weighted by Gasteiger charge is 2.37. The fraction of sp³-hybridized carbons (Fsp3) is 0.500. The van der Waals surface area contributed by atoms with Gasteiger partial charge in [-0.2, -0.15) is 13.2 Å². The maximum Gasteiger partial charge on any atom is 0.416 e. The summed E-state index contributed by atoms with van der Waals surface area (Å²) >= 11 is 0. The quantitative estimate of drug-likeness (QED) is 0.795. The molecule has 0 unspecified atom stereocenters. The van der Waals surface area contributed by atoms with Gasteiger partial charge in [-0.25, -0.2) is 12.8 Å². The molecular weight excluding hydrogens is 284 g/mol. The van der Waals surface area contributed by atoms with Gasteiger partial charge in [-0.15, -0.1) is 0 Å². The van der Waals surface area contributed by atoms with Crippen LogP contribution in [0, 0.1) is 5.82 Å². The van der Waals surface area contributed by atoms with E-state index in [1.165, 1.54) is 13.8 Å². The molecule has 0 aromatic heterocycles. The zero-order valence-electron chi connectivity index (χ0n) is 10.7. The molecule has 0 saturated carbocycles. The van der Waals surface area contributed by atoms with Crippen LogP contribution in [0.3, 0.4) is 0 Å². The molecule has 0 radical (unpaired) electrons. The van der Waals surface area contributed by atoms with Gasteiger partial charge < -0.3 is 0 Å². The predicted octanol–water partition coefficient (Wildman–Crippen LogP) is 3.81. The molecule has 2 nitrogen and oxygen atoms in total. The second-order valence-electron chi connectivity index (χ2n) is 4.79. The first-order chi connectivity index (χ1) is 8.41. The van der Waals surface area contributed by atoms with E-state index in [0.29, 0.717) is 12.1 Å². The summed E-state index contributed by atoms with van der Waals surface area (Å²) in [6, 6.07) is 1.36. The summed E-state index contributed by atoms with van der Waals surface area (Å²) in [5, 5.41) is 0. The van der Waals surface area contributed by atoms with Gasteiger partial charge in [0.25, 0.3) is 0 Å². The Bertz CT molecular complexity index is 574. The summed E-state index contributed by atoms with van der Waals surface area (Å²) in [5.74, 6) is -1.22. The molecule has 0 amide bonds. The van der Waals surface area contributed by atoms with Crippen molar-refractivity contribution in [2.24, 2.45) is 0 Å². The van der Waals surface area contributed by atoms with E-state index in [9.17, 15) is 26.0 Å². The minimum atomic E-state index is -4.79. The second kappa shape index (κ2) is 4.77. The SMILES string of the molecule is CCC(C)(C)S(=O)(=O)c1cc(F)cc(C(F)(F)F)c1. The maximum absolute atomic E-state index is 13.2. The first-order valence-corrected chi connectivity index (χ1v) is 7.02. The Morgan fingerprint density at radius 1 is 1.11 bits per heavy atom. The van der Waals surface area contributed by atoms with Crippen molar-refractivity contribution < 1.29 is 26.0 Å². The molecule has 1 aromatic carbocycles. The summed E-state index contributed by atoms with van der Waals surface area (Å²) < 4.78 is 74.0. The van der Waals surface area contributed by atoms with Gasteiger partial charge in [0.05, 0.1) is 15.2 Å². The number of hydrogen-bond donors (Lipinski definition) is 0. The van der Waals surface area contributed by atoms with Gasteiger partial charge in [0.2, 0.25) is 0 Å². The molecule has 0 atom stereocenters. The lowest BCUT2D eigenvalue weighted by molar-refractivity contribution is -0.137. The first kappa shape index (κ1) is 15.9. The molecule has 0 saturated heterocycles. The Morgan fingerprint density at radius 2 is 1.63 bits per heavy atom. The summed E-state index contributed by atoms with van der Waals surface area (Å²) in [7, 11) is -4.03. The minimum Gasteiger partial charge on any atom is -0.223 e. The van der Waals surface area contributed by atoms with E-state index >= 15 is 0 Å². The Hall–Kier alpha value is -1.11. The third-order valence-electron chi connectivity index (χ3n) is 3.09. The lowest BCUT2D eigenvalue weighted by atomic mass is 10.1. The van der Waals surface area contributed by atoms with Crippen LogP contribution in [-0.2, 0) is 16.0 Å². The van der Waals surface area contributed by atoms with Gasteiger partial charge >= 0.3 is 6.18 Å². The highest BCUT2D eigenvalue weighted by molar-refractivity contribution is 7.92. The van der Waals surface area contributed by atoms with Crippen LogP contribution < -0.4 is 0 Å². The van der Waals surface area contributed by atoms with Gasteiger partial charge in [-0.3, -0.25) is 0 Å². The Morgan fingerprint density at radius 3 is 2.05 bits per heavy atom. The molecule has 0 aliphatic heterocycles. The smallest absolute Gasteiger partial charge is 0.223 e. The summed E-state index contributed by atoms with van der Waals surface area (Å²) in [5.41, 5.74) is -1.31. The van der Waals surface area contributed by atoms with Crippen molar-refractivity contribution in [1.29, 1.82) is 0 Å². The molecule has 1 rings (SSSR count). The van der Waals surface area contributed by atoms with E-state index in [2.05, 4.69) is 0 Å². The highest BCUT2D eigenvalue weighted by atomic mass is 32.2. The van der Waals surface area contributed by atoms with E-state index in [1.807, 2.05) is 0 Å². The van der Waals surface area contributed by atoms with E-state index in [0.717, 1.165) is 0 Å². The van der Waals surface area contributed by atoms with E-state index < -0.39 is 37.0 Å². The van der Waals surface area contributed by atoms with Gasteiger partial charge in [-0.05, 0) is 38.5 Å². The lowest BCUT2D eigenvalue weighted by Gasteiger charge is -2.23. The van der Waals surface area contributed by atoms with Crippen molar-refractivity contribution in [3.63, 3.8) is 0 Å². The minimum absolute atomic E-state index is 0.202. The van der Waals surface area contributed by atoms with Crippen molar-refractivity contribution in [3.8, 4) is 0 Å². The molecule has 19 heavy (non-hydrogen) atoms. The monoisotopic (exact) mass is 298 g/mol. The molecule has 7 heteroatoms. The summed E-state index contributed by atoms with van der Waals surface area (Å²) in [6.07, 6.45) is -4.59. The fourth-order valence-electron chi connectivity index (χ4n) is 1.39. The van der Waals surface area contributed by atoms with Crippen LogP contribution in [0.5, 0.6) is 0 Å². The highest BCUT2D eigenvalue weighted by Crippen LogP contribution is 2.34. The van der Waals surface area contributed by atoms with Crippen LogP contribution in [0.15, 0.2) is 23.1 Å². The van der Waals surface area contributed by atoms with Crippen LogP contribution in [0.25, 0.3) is 0 Å². The molecule has 0 spiro atoms. The second-order valence-corrected chi connectivity index (χ2v) is 7.37. The molecule has 0 bridgehead atoms. The topological polar surface area (TPSA) is 34.1 Å². The summed E-state index contributed by atoms with van der Waals surface area (Å²) in [4.78, 5) is -0.647. The van der Waals surface area contributed by atoms with Crippen molar-refractivity contribution in [1.82, 2.24) is 0 Å². The lowest BCUT2D eigenvalue weighted by Crippen LogP contribution is -2.31. The third kappa shape index (κ3) is 3.08. The number of halogens is 4. The first-order valence-electron chi connectivity index (χ1n) is 5.54. The van der Waals surface area contributed by atoms with Crippen LogP contribution in [-0.4, -0.2) is 13.2 Å². The average Bonchev–Trinajstić information content (AvgIpc) is 2.26. The van der Waals surface area contributed by atoms with Crippen LogP contribution in [0.1, 0.15) is 32.8 Å². The maximum atomic E-state index is 13.2. The molecule has 1 aromatic rings. The normalized spacial score (nSPS) is 13.6. The van der Waals surface area contributed by atoms with Gasteiger partial charge in [0, 0.05) is 0 Å².